The van der Waals surface area contributed by atoms with Gasteiger partial charge in [0.05, 0.1) is 25.2 Å². The summed E-state index contributed by atoms with van der Waals surface area (Å²) in [5.74, 6) is 1.54. The third kappa shape index (κ3) is 6.41. The molecular weight excluding hydrogens is 456 g/mol. The molecule has 3 aromatic rings. The van der Waals surface area contributed by atoms with E-state index in [-0.39, 0.29) is 17.4 Å². The number of hydrogen-bond donors (Lipinski definition) is 1. The number of ether oxygens (including phenoxy) is 3. The average molecular weight is 485 g/mol. The van der Waals surface area contributed by atoms with Crippen LogP contribution in [0.3, 0.4) is 0 Å². The van der Waals surface area contributed by atoms with Crippen LogP contribution in [0.2, 0.25) is 0 Å². The van der Waals surface area contributed by atoms with Crippen molar-refractivity contribution in [1.82, 2.24) is 4.90 Å². The zero-order valence-electron chi connectivity index (χ0n) is 19.4. The lowest BCUT2D eigenvalue weighted by Gasteiger charge is -2.19. The van der Waals surface area contributed by atoms with Crippen LogP contribution in [0.1, 0.15) is 17.3 Å². The molecular formula is C25H28N2O6S. The number of sulfonamides is 1. The standard InChI is InChI=1S/C25H28N2O6S/c1-4-32-21-12-14-22(15-13-21)34(29,30)26-20-9-7-8-19(18-20)25(28)27(2)16-17-33-24-11-6-5-10-23(24)31-3/h5-15,18,26H,4,16-17H2,1-3H3. The molecule has 3 rings (SSSR count). The predicted molar refractivity (Wildman–Crippen MR) is 130 cm³/mol. The Hall–Kier alpha value is -3.72. The second-order valence-electron chi connectivity index (χ2n) is 7.32. The summed E-state index contributed by atoms with van der Waals surface area (Å²) in [6.07, 6.45) is 0. The van der Waals surface area contributed by atoms with Gasteiger partial charge in [0.15, 0.2) is 11.5 Å². The Morgan fingerprint density at radius 1 is 0.941 bits per heavy atom. The monoisotopic (exact) mass is 484 g/mol. The minimum atomic E-state index is -3.82. The van der Waals surface area contributed by atoms with E-state index < -0.39 is 10.0 Å². The van der Waals surface area contributed by atoms with Crippen molar-refractivity contribution in [3.63, 3.8) is 0 Å². The smallest absolute Gasteiger partial charge is 0.261 e. The van der Waals surface area contributed by atoms with Crippen LogP contribution >= 0.6 is 0 Å². The highest BCUT2D eigenvalue weighted by molar-refractivity contribution is 7.92. The fourth-order valence-corrected chi connectivity index (χ4v) is 4.21. The molecule has 0 bridgehead atoms. The molecule has 8 nitrogen and oxygen atoms in total. The van der Waals surface area contributed by atoms with E-state index in [9.17, 15) is 13.2 Å². The third-order valence-electron chi connectivity index (χ3n) is 4.91. The molecule has 1 amide bonds. The fourth-order valence-electron chi connectivity index (χ4n) is 3.16. The lowest BCUT2D eigenvalue weighted by Crippen LogP contribution is -2.31. The first-order chi connectivity index (χ1) is 16.3. The van der Waals surface area contributed by atoms with E-state index in [1.807, 2.05) is 19.1 Å². The summed E-state index contributed by atoms with van der Waals surface area (Å²) >= 11 is 0. The summed E-state index contributed by atoms with van der Waals surface area (Å²) in [7, 11) is -0.600. The zero-order chi connectivity index (χ0) is 24.6. The molecule has 0 spiro atoms. The molecule has 0 aliphatic rings. The van der Waals surface area contributed by atoms with Crippen LogP contribution in [0.4, 0.5) is 5.69 Å². The molecule has 0 aliphatic heterocycles. The Labute approximate surface area is 200 Å². The first kappa shape index (κ1) is 24.9. The lowest BCUT2D eigenvalue weighted by atomic mass is 10.2. The molecule has 0 aliphatic carbocycles. The van der Waals surface area contributed by atoms with Crippen molar-refractivity contribution in [3.05, 3.63) is 78.4 Å². The number of rotatable bonds is 11. The zero-order valence-corrected chi connectivity index (χ0v) is 20.2. The number of nitrogens with zero attached hydrogens (tertiary/aromatic N) is 1. The van der Waals surface area contributed by atoms with Gasteiger partial charge in [0, 0.05) is 18.3 Å². The van der Waals surface area contributed by atoms with Crippen molar-refractivity contribution in [1.29, 1.82) is 0 Å². The normalized spacial score (nSPS) is 10.9. The number of para-hydroxylation sites is 2. The molecule has 0 atom stereocenters. The second-order valence-corrected chi connectivity index (χ2v) is 9.00. The quantitative estimate of drug-likeness (QED) is 0.441. The van der Waals surface area contributed by atoms with Crippen molar-refractivity contribution < 1.29 is 27.4 Å². The number of benzene rings is 3. The number of carbonyl (C=O) groups is 1. The van der Waals surface area contributed by atoms with E-state index in [0.29, 0.717) is 41.7 Å². The summed E-state index contributed by atoms with van der Waals surface area (Å²) in [6.45, 7) is 2.95. The van der Waals surface area contributed by atoms with Gasteiger partial charge in [-0.15, -0.1) is 0 Å². The predicted octanol–water partition coefficient (Wildman–Crippen LogP) is 4.05. The van der Waals surface area contributed by atoms with Crippen LogP contribution in [-0.2, 0) is 10.0 Å². The van der Waals surface area contributed by atoms with Crippen molar-refractivity contribution >= 4 is 21.6 Å². The Balaban J connectivity index is 1.62. The van der Waals surface area contributed by atoms with Gasteiger partial charge < -0.3 is 19.1 Å². The average Bonchev–Trinajstić information content (AvgIpc) is 2.84. The van der Waals surface area contributed by atoms with E-state index in [1.54, 1.807) is 56.6 Å². The number of methoxy groups -OCH3 is 1. The molecule has 9 heteroatoms. The van der Waals surface area contributed by atoms with Gasteiger partial charge >= 0.3 is 0 Å². The lowest BCUT2D eigenvalue weighted by molar-refractivity contribution is 0.0773. The van der Waals surface area contributed by atoms with Crippen LogP contribution in [-0.4, -0.2) is 53.1 Å². The number of amides is 1. The summed E-state index contributed by atoms with van der Waals surface area (Å²) in [5, 5.41) is 0. The second kappa shape index (κ2) is 11.4. The SMILES string of the molecule is CCOc1ccc(S(=O)(=O)Nc2cccc(C(=O)N(C)CCOc3ccccc3OC)c2)cc1. The molecule has 0 heterocycles. The van der Waals surface area contributed by atoms with Gasteiger partial charge in [-0.3, -0.25) is 9.52 Å². The first-order valence-corrected chi connectivity index (χ1v) is 12.2. The Kier molecular flexibility index (Phi) is 8.37. The highest BCUT2D eigenvalue weighted by Crippen LogP contribution is 2.25. The van der Waals surface area contributed by atoms with Gasteiger partial charge in [-0.05, 0) is 61.5 Å². The topological polar surface area (TPSA) is 94.2 Å². The molecule has 0 saturated heterocycles. The maximum Gasteiger partial charge on any atom is 0.261 e. The minimum Gasteiger partial charge on any atom is -0.494 e. The molecule has 0 saturated carbocycles. The number of carbonyl (C=O) groups excluding carboxylic acids is 1. The molecule has 0 aromatic heterocycles. The number of anilines is 1. The molecule has 34 heavy (non-hydrogen) atoms. The van der Waals surface area contributed by atoms with E-state index >= 15 is 0 Å². The molecule has 1 N–H and O–H groups in total. The maximum atomic E-state index is 12.9. The number of likely N-dealkylation sites (N-methyl/N-ethyl adjacent to an activating group) is 1. The Bertz CT molecular complexity index is 1210. The molecule has 0 fully saturated rings. The minimum absolute atomic E-state index is 0.0956. The third-order valence-corrected chi connectivity index (χ3v) is 6.30. The molecule has 180 valence electrons. The first-order valence-electron chi connectivity index (χ1n) is 10.7. The van der Waals surface area contributed by atoms with Crippen molar-refractivity contribution in [2.45, 2.75) is 11.8 Å². The van der Waals surface area contributed by atoms with Gasteiger partial charge in [0.25, 0.3) is 15.9 Å². The van der Waals surface area contributed by atoms with Crippen LogP contribution in [0.5, 0.6) is 17.2 Å². The van der Waals surface area contributed by atoms with Crippen molar-refractivity contribution in [3.8, 4) is 17.2 Å². The van der Waals surface area contributed by atoms with Gasteiger partial charge in [0.2, 0.25) is 0 Å². The Morgan fingerprint density at radius 2 is 1.65 bits per heavy atom. The summed E-state index contributed by atoms with van der Waals surface area (Å²) in [4.78, 5) is 14.5. The summed E-state index contributed by atoms with van der Waals surface area (Å²) in [6, 6.07) is 19.8. The van der Waals surface area contributed by atoms with Crippen molar-refractivity contribution in [2.24, 2.45) is 0 Å². The van der Waals surface area contributed by atoms with Gasteiger partial charge in [-0.2, -0.15) is 0 Å². The van der Waals surface area contributed by atoms with E-state index in [0.717, 1.165) is 0 Å². The fraction of sp³-hybridized carbons (Fsp3) is 0.240. The van der Waals surface area contributed by atoms with E-state index in [2.05, 4.69) is 4.72 Å². The Morgan fingerprint density at radius 3 is 2.32 bits per heavy atom. The van der Waals surface area contributed by atoms with Gasteiger partial charge in [-0.25, -0.2) is 8.42 Å². The van der Waals surface area contributed by atoms with Gasteiger partial charge in [0.1, 0.15) is 12.4 Å². The molecule has 0 unspecified atom stereocenters. The molecule has 3 aromatic carbocycles. The van der Waals surface area contributed by atoms with Gasteiger partial charge in [-0.1, -0.05) is 18.2 Å². The van der Waals surface area contributed by atoms with Crippen LogP contribution in [0.15, 0.2) is 77.7 Å². The van der Waals surface area contributed by atoms with Crippen LogP contribution < -0.4 is 18.9 Å². The van der Waals surface area contributed by atoms with Crippen molar-refractivity contribution in [2.75, 3.05) is 38.6 Å². The number of hydrogen-bond acceptors (Lipinski definition) is 6. The highest BCUT2D eigenvalue weighted by Gasteiger charge is 2.17. The van der Waals surface area contributed by atoms with Crippen LogP contribution in [0.25, 0.3) is 0 Å². The van der Waals surface area contributed by atoms with E-state index in [1.165, 1.54) is 23.1 Å². The maximum absolute atomic E-state index is 12.9. The molecule has 0 radical (unpaired) electrons. The largest absolute Gasteiger partial charge is 0.494 e. The van der Waals surface area contributed by atoms with E-state index in [4.69, 9.17) is 14.2 Å². The van der Waals surface area contributed by atoms with Crippen LogP contribution in [0, 0.1) is 0 Å². The number of nitrogens with one attached hydrogen (secondary N) is 1. The highest BCUT2D eigenvalue weighted by atomic mass is 32.2. The summed E-state index contributed by atoms with van der Waals surface area (Å²) in [5.41, 5.74) is 0.644. The summed E-state index contributed by atoms with van der Waals surface area (Å²) < 4.78 is 44.3.